The summed E-state index contributed by atoms with van der Waals surface area (Å²) >= 11 is 1.78. The van der Waals surface area contributed by atoms with Gasteiger partial charge in [-0.1, -0.05) is 0 Å². The van der Waals surface area contributed by atoms with Gasteiger partial charge in [-0.05, 0) is 32.0 Å². The minimum Gasteiger partial charge on any atom is -0.368 e. The van der Waals surface area contributed by atoms with E-state index in [0.717, 1.165) is 5.82 Å². The third kappa shape index (κ3) is 2.49. The molecule has 0 aliphatic heterocycles. The molecule has 4 nitrogen and oxygen atoms in total. The van der Waals surface area contributed by atoms with Crippen molar-refractivity contribution in [3.8, 4) is 0 Å². The maximum absolute atomic E-state index is 5.52. The fourth-order valence-corrected chi connectivity index (χ4v) is 2.31. The van der Waals surface area contributed by atoms with Crippen LogP contribution >= 0.6 is 11.3 Å². The van der Waals surface area contributed by atoms with Crippen LogP contribution in [0.5, 0.6) is 0 Å². The lowest BCUT2D eigenvalue weighted by molar-refractivity contribution is 0.894. The van der Waals surface area contributed by atoms with E-state index in [1.165, 1.54) is 9.75 Å². The number of hydrogen-bond acceptors (Lipinski definition) is 5. The van der Waals surface area contributed by atoms with Crippen LogP contribution in [-0.2, 0) is 0 Å². The normalized spacial score (nSPS) is 12.4. The summed E-state index contributed by atoms with van der Waals surface area (Å²) in [7, 11) is 0. The molecule has 0 fully saturated rings. The molecular formula is C11H14N4S. The Balaban J connectivity index is 2.10. The second kappa shape index (κ2) is 4.49. The van der Waals surface area contributed by atoms with Gasteiger partial charge in [0.2, 0.25) is 5.95 Å². The second-order valence-electron chi connectivity index (χ2n) is 3.61. The van der Waals surface area contributed by atoms with Crippen molar-refractivity contribution in [1.29, 1.82) is 0 Å². The molecule has 0 aromatic carbocycles. The molecule has 3 N–H and O–H groups in total. The van der Waals surface area contributed by atoms with Crippen LogP contribution in [0.4, 0.5) is 11.8 Å². The van der Waals surface area contributed by atoms with Crippen molar-refractivity contribution in [2.45, 2.75) is 19.9 Å². The SMILES string of the molecule is Cc1ccc(C(C)Nc2ccnc(N)n2)s1. The Labute approximate surface area is 98.6 Å². The summed E-state index contributed by atoms with van der Waals surface area (Å²) in [6.45, 7) is 4.20. The van der Waals surface area contributed by atoms with E-state index in [4.69, 9.17) is 5.73 Å². The van der Waals surface area contributed by atoms with E-state index >= 15 is 0 Å². The summed E-state index contributed by atoms with van der Waals surface area (Å²) in [6.07, 6.45) is 1.65. The van der Waals surface area contributed by atoms with Gasteiger partial charge in [-0.15, -0.1) is 11.3 Å². The first-order valence-electron chi connectivity index (χ1n) is 5.06. The maximum Gasteiger partial charge on any atom is 0.221 e. The second-order valence-corrected chi connectivity index (χ2v) is 4.93. The van der Waals surface area contributed by atoms with Gasteiger partial charge in [0.15, 0.2) is 0 Å². The predicted octanol–water partition coefficient (Wildman–Crippen LogP) is 2.60. The number of nitrogens with one attached hydrogen (secondary N) is 1. The molecule has 2 heterocycles. The lowest BCUT2D eigenvalue weighted by Crippen LogP contribution is -2.07. The van der Waals surface area contributed by atoms with Gasteiger partial charge in [0.05, 0.1) is 6.04 Å². The predicted molar refractivity (Wildman–Crippen MR) is 67.5 cm³/mol. The van der Waals surface area contributed by atoms with Crippen LogP contribution in [-0.4, -0.2) is 9.97 Å². The molecule has 84 valence electrons. The zero-order valence-corrected chi connectivity index (χ0v) is 10.1. The Morgan fingerprint density at radius 2 is 2.19 bits per heavy atom. The first-order chi connectivity index (χ1) is 7.65. The van der Waals surface area contributed by atoms with Crippen molar-refractivity contribution in [2.24, 2.45) is 0 Å². The molecule has 0 aliphatic carbocycles. The number of hydrogen-bond donors (Lipinski definition) is 2. The highest BCUT2D eigenvalue weighted by atomic mass is 32.1. The number of nitrogens with two attached hydrogens (primary N) is 1. The summed E-state index contributed by atoms with van der Waals surface area (Å²) in [5, 5.41) is 3.29. The van der Waals surface area contributed by atoms with Crippen molar-refractivity contribution in [3.63, 3.8) is 0 Å². The van der Waals surface area contributed by atoms with Gasteiger partial charge in [0, 0.05) is 16.0 Å². The lowest BCUT2D eigenvalue weighted by Gasteiger charge is -2.12. The van der Waals surface area contributed by atoms with Gasteiger partial charge in [-0.3, -0.25) is 0 Å². The average molecular weight is 234 g/mol. The Kier molecular flexibility index (Phi) is 3.05. The Bertz CT molecular complexity index is 480. The number of aryl methyl sites for hydroxylation is 1. The van der Waals surface area contributed by atoms with Crippen molar-refractivity contribution in [3.05, 3.63) is 34.2 Å². The number of rotatable bonds is 3. The van der Waals surface area contributed by atoms with Gasteiger partial charge < -0.3 is 11.1 Å². The first-order valence-corrected chi connectivity index (χ1v) is 5.88. The molecule has 0 spiro atoms. The highest BCUT2D eigenvalue weighted by molar-refractivity contribution is 7.12. The van der Waals surface area contributed by atoms with Crippen molar-refractivity contribution in [1.82, 2.24) is 9.97 Å². The first kappa shape index (κ1) is 10.9. The molecule has 16 heavy (non-hydrogen) atoms. The van der Waals surface area contributed by atoms with Crippen LogP contribution < -0.4 is 11.1 Å². The molecule has 2 aromatic heterocycles. The molecule has 0 radical (unpaired) electrons. The highest BCUT2D eigenvalue weighted by Gasteiger charge is 2.08. The van der Waals surface area contributed by atoms with E-state index in [0.29, 0.717) is 5.95 Å². The van der Waals surface area contributed by atoms with Gasteiger partial charge in [0.25, 0.3) is 0 Å². The van der Waals surface area contributed by atoms with Crippen molar-refractivity contribution in [2.75, 3.05) is 11.1 Å². The summed E-state index contributed by atoms with van der Waals surface area (Å²) < 4.78 is 0. The average Bonchev–Trinajstić information content (AvgIpc) is 2.65. The third-order valence-electron chi connectivity index (χ3n) is 2.23. The zero-order chi connectivity index (χ0) is 11.5. The zero-order valence-electron chi connectivity index (χ0n) is 9.27. The number of aromatic nitrogens is 2. The number of nitrogen functional groups attached to an aromatic ring is 1. The van der Waals surface area contributed by atoms with E-state index in [9.17, 15) is 0 Å². The third-order valence-corrected chi connectivity index (χ3v) is 3.41. The summed E-state index contributed by atoms with van der Waals surface area (Å²) in [4.78, 5) is 10.6. The summed E-state index contributed by atoms with van der Waals surface area (Å²) in [5.41, 5.74) is 5.52. The Morgan fingerprint density at radius 3 is 2.81 bits per heavy atom. The van der Waals surface area contributed by atoms with Crippen LogP contribution in [0, 0.1) is 6.92 Å². The van der Waals surface area contributed by atoms with E-state index in [-0.39, 0.29) is 6.04 Å². The molecular weight excluding hydrogens is 220 g/mol. The van der Waals surface area contributed by atoms with Crippen LogP contribution in [0.15, 0.2) is 24.4 Å². The van der Waals surface area contributed by atoms with E-state index in [1.54, 1.807) is 17.5 Å². The van der Waals surface area contributed by atoms with Crippen molar-refractivity contribution >= 4 is 23.1 Å². The molecule has 0 saturated heterocycles. The lowest BCUT2D eigenvalue weighted by atomic mass is 10.3. The molecule has 0 aliphatic rings. The molecule has 2 rings (SSSR count). The quantitative estimate of drug-likeness (QED) is 0.856. The largest absolute Gasteiger partial charge is 0.368 e. The van der Waals surface area contributed by atoms with Gasteiger partial charge in [0.1, 0.15) is 5.82 Å². The molecule has 2 aromatic rings. The van der Waals surface area contributed by atoms with Crippen LogP contribution in [0.3, 0.4) is 0 Å². The van der Waals surface area contributed by atoms with Crippen LogP contribution in [0.2, 0.25) is 0 Å². The smallest absolute Gasteiger partial charge is 0.221 e. The monoisotopic (exact) mass is 234 g/mol. The fraction of sp³-hybridized carbons (Fsp3) is 0.273. The van der Waals surface area contributed by atoms with E-state index < -0.39 is 0 Å². The van der Waals surface area contributed by atoms with Gasteiger partial charge in [-0.2, -0.15) is 4.98 Å². The number of nitrogens with zero attached hydrogens (tertiary/aromatic N) is 2. The summed E-state index contributed by atoms with van der Waals surface area (Å²) in [5.74, 6) is 1.05. The molecule has 0 amide bonds. The van der Waals surface area contributed by atoms with E-state index in [2.05, 4.69) is 41.3 Å². The minimum atomic E-state index is 0.230. The van der Waals surface area contributed by atoms with Crippen LogP contribution in [0.1, 0.15) is 22.7 Å². The Morgan fingerprint density at radius 1 is 1.38 bits per heavy atom. The maximum atomic E-state index is 5.52. The molecule has 0 saturated carbocycles. The summed E-state index contributed by atoms with van der Waals surface area (Å²) in [6, 6.07) is 6.29. The van der Waals surface area contributed by atoms with Gasteiger partial charge >= 0.3 is 0 Å². The number of thiophene rings is 1. The molecule has 1 unspecified atom stereocenters. The fourth-order valence-electron chi connectivity index (χ4n) is 1.43. The molecule has 1 atom stereocenters. The van der Waals surface area contributed by atoms with E-state index in [1.807, 2.05) is 6.07 Å². The molecule has 0 bridgehead atoms. The van der Waals surface area contributed by atoms with Gasteiger partial charge in [-0.25, -0.2) is 4.98 Å². The Hall–Kier alpha value is -1.62. The van der Waals surface area contributed by atoms with Crippen LogP contribution in [0.25, 0.3) is 0 Å². The number of anilines is 2. The highest BCUT2D eigenvalue weighted by Crippen LogP contribution is 2.24. The standard InChI is InChI=1S/C11H14N4S/c1-7-3-4-9(16-7)8(2)14-10-5-6-13-11(12)15-10/h3-6,8H,1-2H3,(H3,12,13,14,15). The van der Waals surface area contributed by atoms with Crippen molar-refractivity contribution < 1.29 is 0 Å². The molecule has 5 heteroatoms. The minimum absolute atomic E-state index is 0.230. The topological polar surface area (TPSA) is 63.8 Å².